The molecular formula is C12H17ClN4O4S. The van der Waals surface area contributed by atoms with Gasteiger partial charge in [0.1, 0.15) is 0 Å². The summed E-state index contributed by atoms with van der Waals surface area (Å²) in [4.78, 5) is 37.5. The van der Waals surface area contributed by atoms with Crippen molar-refractivity contribution < 1.29 is 14.5 Å². The van der Waals surface area contributed by atoms with Crippen molar-refractivity contribution in [1.82, 2.24) is 15.1 Å². The Hall–Kier alpha value is -1.71. The summed E-state index contributed by atoms with van der Waals surface area (Å²) in [5.74, 6) is -0.491. The fraction of sp³-hybridized carbons (Fsp3) is 0.500. The van der Waals surface area contributed by atoms with E-state index in [0.717, 1.165) is 24.4 Å². The Balaban J connectivity index is 0.00000242. The van der Waals surface area contributed by atoms with Crippen LogP contribution in [-0.4, -0.2) is 66.3 Å². The van der Waals surface area contributed by atoms with Crippen molar-refractivity contribution in [3.05, 3.63) is 27.1 Å². The molecule has 0 atom stereocenters. The molecule has 1 N–H and O–H groups in total. The molecule has 8 nitrogen and oxygen atoms in total. The molecule has 0 aromatic carbocycles. The molecule has 10 heteroatoms. The molecule has 1 aliphatic rings. The van der Waals surface area contributed by atoms with Gasteiger partial charge in [-0.25, -0.2) is 0 Å². The summed E-state index contributed by atoms with van der Waals surface area (Å²) in [6.45, 7) is 2.74. The van der Waals surface area contributed by atoms with Crippen LogP contribution in [0.3, 0.4) is 0 Å². The van der Waals surface area contributed by atoms with Gasteiger partial charge in [-0.05, 0) is 6.07 Å². The Kier molecular flexibility index (Phi) is 6.72. The number of hydrogen-bond donors (Lipinski definition) is 1. The maximum Gasteiger partial charge on any atom is 0.324 e. The highest BCUT2D eigenvalue weighted by atomic mass is 35.5. The molecule has 0 radical (unpaired) electrons. The first-order chi connectivity index (χ1) is 9.99. The van der Waals surface area contributed by atoms with Crippen molar-refractivity contribution in [3.8, 4) is 0 Å². The third-order valence-electron chi connectivity index (χ3n) is 3.17. The number of carbonyl (C=O) groups is 2. The Labute approximate surface area is 137 Å². The first-order valence-corrected chi connectivity index (χ1v) is 7.29. The Morgan fingerprint density at radius 1 is 1.41 bits per heavy atom. The van der Waals surface area contributed by atoms with E-state index in [4.69, 9.17) is 0 Å². The third-order valence-corrected chi connectivity index (χ3v) is 4.20. The molecule has 0 unspecified atom stereocenters. The number of nitrogens with zero attached hydrogens (tertiary/aromatic N) is 3. The number of nitro groups is 1. The molecule has 1 fully saturated rings. The Morgan fingerprint density at radius 2 is 2.05 bits per heavy atom. The maximum atomic E-state index is 12.1. The van der Waals surface area contributed by atoms with Crippen molar-refractivity contribution in [2.24, 2.45) is 0 Å². The first-order valence-electron chi connectivity index (χ1n) is 6.47. The van der Waals surface area contributed by atoms with Gasteiger partial charge in [0.05, 0.1) is 16.3 Å². The molecular weight excluding hydrogens is 332 g/mol. The van der Waals surface area contributed by atoms with Gasteiger partial charge < -0.3 is 15.1 Å². The van der Waals surface area contributed by atoms with Crippen LogP contribution < -0.4 is 5.32 Å². The number of rotatable bonds is 4. The van der Waals surface area contributed by atoms with E-state index in [2.05, 4.69) is 5.32 Å². The summed E-state index contributed by atoms with van der Waals surface area (Å²) in [5, 5.41) is 13.7. The predicted octanol–water partition coefficient (Wildman–Crippen LogP) is 0.582. The predicted molar refractivity (Wildman–Crippen MR) is 84.6 cm³/mol. The number of halogens is 1. The number of hydrogen-bond acceptors (Lipinski definition) is 6. The van der Waals surface area contributed by atoms with Gasteiger partial charge in [0.15, 0.2) is 0 Å². The number of carbonyl (C=O) groups excluding carboxylic acids is 2. The standard InChI is InChI=1S/C12H16N4O4S.ClH/c1-14(8-10(17)15-6-4-13-5-7-15)12(18)9-2-3-11(21-9)16(19)20;/h2-3,13H,4-8H2,1H3;1H. The lowest BCUT2D eigenvalue weighted by atomic mass is 10.3. The molecule has 122 valence electrons. The first kappa shape index (κ1) is 18.3. The van der Waals surface area contributed by atoms with Crippen molar-refractivity contribution in [3.63, 3.8) is 0 Å². The number of thiophene rings is 1. The van der Waals surface area contributed by atoms with E-state index in [1.54, 1.807) is 4.90 Å². The van der Waals surface area contributed by atoms with E-state index < -0.39 is 4.92 Å². The van der Waals surface area contributed by atoms with E-state index in [1.807, 2.05) is 0 Å². The molecule has 1 aromatic heterocycles. The highest BCUT2D eigenvalue weighted by Gasteiger charge is 2.23. The van der Waals surface area contributed by atoms with E-state index in [-0.39, 0.29) is 40.6 Å². The quantitative estimate of drug-likeness (QED) is 0.634. The molecule has 22 heavy (non-hydrogen) atoms. The Morgan fingerprint density at radius 3 is 2.59 bits per heavy atom. The average molecular weight is 349 g/mol. The van der Waals surface area contributed by atoms with Gasteiger partial charge in [0.2, 0.25) is 5.91 Å². The normalized spacial score (nSPS) is 14.1. The molecule has 0 aliphatic carbocycles. The van der Waals surface area contributed by atoms with Gasteiger partial charge in [-0.3, -0.25) is 19.7 Å². The van der Waals surface area contributed by atoms with Crippen LogP contribution in [0.2, 0.25) is 0 Å². The lowest BCUT2D eigenvalue weighted by Gasteiger charge is -2.29. The summed E-state index contributed by atoms with van der Waals surface area (Å²) in [5.41, 5.74) is 0. The zero-order chi connectivity index (χ0) is 15.4. The molecule has 0 saturated carbocycles. The van der Waals surface area contributed by atoms with E-state index in [0.29, 0.717) is 13.1 Å². The molecule has 2 heterocycles. The summed E-state index contributed by atoms with van der Waals surface area (Å²) in [6, 6.07) is 2.71. The fourth-order valence-corrected chi connectivity index (χ4v) is 2.83. The van der Waals surface area contributed by atoms with Crippen LogP contribution in [0.4, 0.5) is 5.00 Å². The van der Waals surface area contributed by atoms with E-state index >= 15 is 0 Å². The molecule has 0 spiro atoms. The second-order valence-corrected chi connectivity index (χ2v) is 5.75. The van der Waals surface area contributed by atoms with Crippen molar-refractivity contribution in [2.45, 2.75) is 0 Å². The zero-order valence-electron chi connectivity index (χ0n) is 12.0. The molecule has 2 amide bonds. The van der Waals surface area contributed by atoms with Crippen molar-refractivity contribution in [2.75, 3.05) is 39.8 Å². The van der Waals surface area contributed by atoms with Gasteiger partial charge in [-0.1, -0.05) is 11.3 Å². The van der Waals surface area contributed by atoms with Crippen molar-refractivity contribution >= 4 is 40.6 Å². The maximum absolute atomic E-state index is 12.1. The zero-order valence-corrected chi connectivity index (χ0v) is 13.6. The molecule has 0 bridgehead atoms. The van der Waals surface area contributed by atoms with Crippen LogP contribution in [0, 0.1) is 10.1 Å². The lowest BCUT2D eigenvalue weighted by Crippen LogP contribution is -2.49. The van der Waals surface area contributed by atoms with Gasteiger partial charge in [-0.15, -0.1) is 12.4 Å². The lowest BCUT2D eigenvalue weighted by molar-refractivity contribution is -0.380. The molecule has 1 aromatic rings. The smallest absolute Gasteiger partial charge is 0.324 e. The van der Waals surface area contributed by atoms with Crippen LogP contribution >= 0.6 is 23.7 Å². The summed E-state index contributed by atoms with van der Waals surface area (Å²) in [7, 11) is 1.52. The van der Waals surface area contributed by atoms with Gasteiger partial charge in [-0.2, -0.15) is 0 Å². The largest absolute Gasteiger partial charge is 0.339 e. The third kappa shape index (κ3) is 4.39. The molecule has 1 aliphatic heterocycles. The number of nitrogens with one attached hydrogen (secondary N) is 1. The minimum Gasteiger partial charge on any atom is -0.339 e. The summed E-state index contributed by atoms with van der Waals surface area (Å²) in [6.07, 6.45) is 0. The van der Waals surface area contributed by atoms with Gasteiger partial charge in [0.25, 0.3) is 5.91 Å². The van der Waals surface area contributed by atoms with Gasteiger partial charge >= 0.3 is 5.00 Å². The monoisotopic (exact) mass is 348 g/mol. The topological polar surface area (TPSA) is 95.8 Å². The van der Waals surface area contributed by atoms with Crippen LogP contribution in [0.25, 0.3) is 0 Å². The van der Waals surface area contributed by atoms with Crippen LogP contribution in [0.5, 0.6) is 0 Å². The minimum atomic E-state index is -0.534. The van der Waals surface area contributed by atoms with Crippen molar-refractivity contribution in [1.29, 1.82) is 0 Å². The SMILES string of the molecule is CN(CC(=O)N1CCNCC1)C(=O)c1ccc([N+](=O)[O-])s1.Cl. The molecule has 2 rings (SSSR count). The molecule has 1 saturated heterocycles. The number of piperazine rings is 1. The Bertz CT molecular complexity index is 559. The minimum absolute atomic E-state index is 0. The second-order valence-electron chi connectivity index (χ2n) is 4.69. The van der Waals surface area contributed by atoms with Gasteiger partial charge in [0, 0.05) is 39.3 Å². The summed E-state index contributed by atoms with van der Waals surface area (Å²) < 4.78 is 0. The number of likely N-dealkylation sites (N-methyl/N-ethyl adjacent to an activating group) is 1. The van der Waals surface area contributed by atoms with E-state index in [1.165, 1.54) is 24.1 Å². The summed E-state index contributed by atoms with van der Waals surface area (Å²) >= 11 is 0.815. The van der Waals surface area contributed by atoms with Crippen LogP contribution in [0.15, 0.2) is 12.1 Å². The highest BCUT2D eigenvalue weighted by molar-refractivity contribution is 7.17. The van der Waals surface area contributed by atoms with Crippen LogP contribution in [-0.2, 0) is 4.79 Å². The van der Waals surface area contributed by atoms with Crippen LogP contribution in [0.1, 0.15) is 9.67 Å². The fourth-order valence-electron chi connectivity index (χ4n) is 2.02. The second kappa shape index (κ2) is 8.06. The average Bonchev–Trinajstić information content (AvgIpc) is 2.97. The number of amides is 2. The highest BCUT2D eigenvalue weighted by Crippen LogP contribution is 2.24. The van der Waals surface area contributed by atoms with E-state index in [9.17, 15) is 19.7 Å².